The molecule has 3 unspecified atom stereocenters. The van der Waals surface area contributed by atoms with Crippen LogP contribution in [0.15, 0.2) is 18.2 Å². The van der Waals surface area contributed by atoms with Crippen LogP contribution >= 0.6 is 0 Å². The molecule has 0 heterocycles. The van der Waals surface area contributed by atoms with E-state index in [4.69, 9.17) is 38.9 Å². The van der Waals surface area contributed by atoms with Crippen molar-refractivity contribution in [1.82, 2.24) is 0 Å². The number of ether oxygens (including phenoxy) is 7. The summed E-state index contributed by atoms with van der Waals surface area (Å²) in [6.45, 7) is 13.0. The first-order valence-corrected chi connectivity index (χ1v) is 13.5. The van der Waals surface area contributed by atoms with Crippen LogP contribution in [-0.2, 0) is 34.9 Å². The molecule has 0 fully saturated rings. The van der Waals surface area contributed by atoms with Gasteiger partial charge in [0.1, 0.15) is 18.2 Å². The number of nitrogens with two attached hydrogens (primary N) is 1. The van der Waals surface area contributed by atoms with Gasteiger partial charge in [0, 0.05) is 0 Å². The van der Waals surface area contributed by atoms with Crippen molar-refractivity contribution in [3.05, 3.63) is 23.8 Å². The van der Waals surface area contributed by atoms with Gasteiger partial charge in [-0.1, -0.05) is 46.6 Å². The van der Waals surface area contributed by atoms with Gasteiger partial charge >= 0.3 is 24.4 Å². The molecule has 0 bridgehead atoms. The van der Waals surface area contributed by atoms with Gasteiger partial charge < -0.3 is 38.9 Å². The third kappa shape index (κ3) is 13.0. The molecule has 5 atom stereocenters. The standard InChI is InChI=1S/C28H43NO11/c1-8-17(4)15-35-27(32)39-23-12-11-21(14-24(23)40-28(33)36-16-18(5)9-2)13-22(29)25(30)37-19(6)20(7)38-26(31)34-10-3/h11-12,14,17-20,22H,8-10,13,15-16,29H2,1-7H3/t17?,18?,19-,20?,22-/m0/s1. The van der Waals surface area contributed by atoms with Gasteiger partial charge in [-0.3, -0.25) is 4.79 Å². The first-order chi connectivity index (χ1) is 18.9. The van der Waals surface area contributed by atoms with Gasteiger partial charge in [-0.2, -0.15) is 0 Å². The van der Waals surface area contributed by atoms with Crippen LogP contribution < -0.4 is 15.2 Å². The third-order valence-corrected chi connectivity index (χ3v) is 6.03. The summed E-state index contributed by atoms with van der Waals surface area (Å²) in [5.41, 5.74) is 6.53. The second kappa shape index (κ2) is 17.9. The van der Waals surface area contributed by atoms with Gasteiger partial charge in [-0.05, 0) is 56.7 Å². The molecular weight excluding hydrogens is 526 g/mol. The average molecular weight is 570 g/mol. The monoisotopic (exact) mass is 569 g/mol. The van der Waals surface area contributed by atoms with Crippen LogP contribution in [-0.4, -0.2) is 62.5 Å². The molecule has 0 saturated carbocycles. The second-order valence-corrected chi connectivity index (χ2v) is 9.59. The Morgan fingerprint density at radius 2 is 1.25 bits per heavy atom. The summed E-state index contributed by atoms with van der Waals surface area (Å²) in [5, 5.41) is 0. The van der Waals surface area contributed by atoms with E-state index in [0.29, 0.717) is 5.56 Å². The molecule has 0 aliphatic rings. The van der Waals surface area contributed by atoms with Crippen molar-refractivity contribution in [2.75, 3.05) is 19.8 Å². The Morgan fingerprint density at radius 3 is 1.77 bits per heavy atom. The molecule has 1 rings (SSSR count). The van der Waals surface area contributed by atoms with Crippen LogP contribution in [0.4, 0.5) is 14.4 Å². The van der Waals surface area contributed by atoms with Crippen LogP contribution in [0.3, 0.4) is 0 Å². The fourth-order valence-electron chi connectivity index (χ4n) is 2.84. The lowest BCUT2D eigenvalue weighted by molar-refractivity contribution is -0.155. The van der Waals surface area contributed by atoms with Crippen molar-refractivity contribution in [1.29, 1.82) is 0 Å². The molecule has 12 nitrogen and oxygen atoms in total. The van der Waals surface area contributed by atoms with E-state index in [-0.39, 0.29) is 49.6 Å². The van der Waals surface area contributed by atoms with Gasteiger partial charge in [0.25, 0.3) is 0 Å². The Bertz CT molecular complexity index is 968. The molecule has 40 heavy (non-hydrogen) atoms. The molecule has 0 radical (unpaired) electrons. The van der Waals surface area contributed by atoms with Crippen LogP contribution in [0.1, 0.15) is 66.9 Å². The SMILES string of the molecule is CCOC(=O)OC(C)[C@H](C)OC(=O)[C@@H](N)Cc1ccc(OC(=O)OCC(C)CC)c(OC(=O)OCC(C)CC)c1. The van der Waals surface area contributed by atoms with E-state index in [2.05, 4.69) is 0 Å². The van der Waals surface area contributed by atoms with Gasteiger partial charge in [-0.15, -0.1) is 0 Å². The molecular formula is C28H43NO11. The number of benzene rings is 1. The highest BCUT2D eigenvalue weighted by Gasteiger charge is 2.25. The highest BCUT2D eigenvalue weighted by Crippen LogP contribution is 2.30. The van der Waals surface area contributed by atoms with E-state index < -0.39 is 42.7 Å². The molecule has 2 N–H and O–H groups in total. The first-order valence-electron chi connectivity index (χ1n) is 13.5. The van der Waals surface area contributed by atoms with Crippen LogP contribution in [0.5, 0.6) is 11.5 Å². The minimum absolute atomic E-state index is 0.00428. The number of hydrogen-bond donors (Lipinski definition) is 1. The zero-order valence-corrected chi connectivity index (χ0v) is 24.4. The fraction of sp³-hybridized carbons (Fsp3) is 0.643. The van der Waals surface area contributed by atoms with E-state index in [1.807, 2.05) is 27.7 Å². The first kappa shape index (κ1) is 34.5. The van der Waals surface area contributed by atoms with E-state index in [1.165, 1.54) is 12.1 Å². The number of carbonyl (C=O) groups excluding carboxylic acids is 4. The summed E-state index contributed by atoms with van der Waals surface area (Å²) in [6.07, 6.45) is -2.76. The fourth-order valence-corrected chi connectivity index (χ4v) is 2.84. The molecule has 0 aliphatic carbocycles. The van der Waals surface area contributed by atoms with Crippen LogP contribution in [0.25, 0.3) is 0 Å². The van der Waals surface area contributed by atoms with Crippen molar-refractivity contribution >= 4 is 24.4 Å². The minimum atomic E-state index is -1.10. The van der Waals surface area contributed by atoms with E-state index in [0.717, 1.165) is 12.8 Å². The maximum absolute atomic E-state index is 12.6. The van der Waals surface area contributed by atoms with Gasteiger partial charge in [-0.25, -0.2) is 14.4 Å². The molecule has 0 spiro atoms. The summed E-state index contributed by atoms with van der Waals surface area (Å²) in [6, 6.07) is 3.25. The predicted octanol–water partition coefficient (Wildman–Crippen LogP) is 5.17. The predicted molar refractivity (Wildman–Crippen MR) is 144 cm³/mol. The Hall–Kier alpha value is -3.54. The van der Waals surface area contributed by atoms with E-state index in [9.17, 15) is 19.2 Å². The highest BCUT2D eigenvalue weighted by molar-refractivity contribution is 5.76. The lowest BCUT2D eigenvalue weighted by atomic mass is 10.1. The maximum Gasteiger partial charge on any atom is 0.513 e. The summed E-state index contributed by atoms with van der Waals surface area (Å²) < 4.78 is 35.9. The summed E-state index contributed by atoms with van der Waals surface area (Å²) in [7, 11) is 0. The van der Waals surface area contributed by atoms with E-state index in [1.54, 1.807) is 26.8 Å². The van der Waals surface area contributed by atoms with Crippen molar-refractivity contribution < 1.29 is 52.3 Å². The number of esters is 1. The van der Waals surface area contributed by atoms with Gasteiger partial charge in [0.05, 0.1) is 19.8 Å². The lowest BCUT2D eigenvalue weighted by Gasteiger charge is -2.22. The molecule has 0 saturated heterocycles. The lowest BCUT2D eigenvalue weighted by Crippen LogP contribution is -2.39. The molecule has 226 valence electrons. The molecule has 1 aromatic rings. The Kier molecular flexibility index (Phi) is 15.5. The second-order valence-electron chi connectivity index (χ2n) is 9.59. The summed E-state index contributed by atoms with van der Waals surface area (Å²) >= 11 is 0. The molecule has 0 amide bonds. The zero-order chi connectivity index (χ0) is 30.2. The minimum Gasteiger partial charge on any atom is -0.458 e. The van der Waals surface area contributed by atoms with Crippen molar-refractivity contribution in [3.8, 4) is 11.5 Å². The Morgan fingerprint density at radius 1 is 0.725 bits per heavy atom. The molecule has 0 aliphatic heterocycles. The largest absolute Gasteiger partial charge is 0.513 e. The van der Waals surface area contributed by atoms with Gasteiger partial charge in [0.2, 0.25) is 0 Å². The average Bonchev–Trinajstić information content (AvgIpc) is 2.91. The van der Waals surface area contributed by atoms with Crippen molar-refractivity contribution in [2.24, 2.45) is 17.6 Å². The Labute approximate surface area is 235 Å². The summed E-state index contributed by atoms with van der Waals surface area (Å²) in [5.74, 6) is -0.659. The number of carbonyl (C=O) groups is 4. The topological polar surface area (TPSA) is 159 Å². The quantitative estimate of drug-likeness (QED) is 0.168. The summed E-state index contributed by atoms with van der Waals surface area (Å²) in [4.78, 5) is 48.6. The molecule has 12 heteroatoms. The normalized spacial score (nSPS) is 14.5. The third-order valence-electron chi connectivity index (χ3n) is 6.03. The maximum atomic E-state index is 12.6. The molecule has 0 aromatic heterocycles. The van der Waals surface area contributed by atoms with Crippen LogP contribution in [0, 0.1) is 11.8 Å². The Balaban J connectivity index is 2.95. The van der Waals surface area contributed by atoms with E-state index >= 15 is 0 Å². The number of hydrogen-bond acceptors (Lipinski definition) is 12. The van der Waals surface area contributed by atoms with Crippen LogP contribution in [0.2, 0.25) is 0 Å². The number of rotatable bonds is 15. The highest BCUT2D eigenvalue weighted by atomic mass is 16.7. The van der Waals surface area contributed by atoms with Gasteiger partial charge in [0.15, 0.2) is 11.5 Å². The zero-order valence-electron chi connectivity index (χ0n) is 24.4. The van der Waals surface area contributed by atoms with Crippen molar-refractivity contribution in [3.63, 3.8) is 0 Å². The van der Waals surface area contributed by atoms with Crippen molar-refractivity contribution in [2.45, 2.75) is 86.0 Å². The molecule has 1 aromatic carbocycles. The smallest absolute Gasteiger partial charge is 0.458 e.